The van der Waals surface area contributed by atoms with Crippen molar-refractivity contribution in [2.75, 3.05) is 38.2 Å². The molecule has 7 aromatic heterocycles. The number of unbranched alkanes of at least 4 members (excludes halogenated alkanes) is 1. The van der Waals surface area contributed by atoms with Crippen LogP contribution in [0.3, 0.4) is 0 Å². The van der Waals surface area contributed by atoms with E-state index >= 15 is 0 Å². The Morgan fingerprint density at radius 3 is 1.55 bits per heavy atom. The topological polar surface area (TPSA) is 142 Å². The van der Waals surface area contributed by atoms with Gasteiger partial charge in [0.2, 0.25) is 0 Å². The van der Waals surface area contributed by atoms with Crippen LogP contribution >= 0.6 is 138 Å². The van der Waals surface area contributed by atoms with E-state index in [1.807, 2.05) is 147 Å². The Labute approximate surface area is 593 Å². The maximum Gasteiger partial charge on any atom is 1.00 e. The number of nitrogens with zero attached hydrogens (tertiary/aromatic N) is 5. The quantitative estimate of drug-likeness (QED) is 0.0297. The maximum atomic E-state index is 9.11. The van der Waals surface area contributed by atoms with Gasteiger partial charge in [0.05, 0.1) is 39.7 Å². The van der Waals surface area contributed by atoms with Gasteiger partial charge in [-0.3, -0.25) is 9.97 Å². The number of hydrogen-bond donors (Lipinski definition) is 2. The van der Waals surface area contributed by atoms with Crippen LogP contribution in [0.25, 0.3) is 20.4 Å². The van der Waals surface area contributed by atoms with Gasteiger partial charge < -0.3 is 35.7 Å². The first kappa shape index (κ1) is 87.1. The molecule has 9 heterocycles. The zero-order valence-corrected chi connectivity index (χ0v) is 66.4. The van der Waals surface area contributed by atoms with E-state index in [9.17, 15) is 0 Å². The molecule has 0 atom stereocenters. The van der Waals surface area contributed by atoms with Crippen molar-refractivity contribution in [1.82, 2.24) is 24.9 Å². The SMILES string of the molecule is Brc1cccnc1Br.C1CCOC1.CC#C[Si](C)(C)C.CC#Cc1ncccc1SC.CC(C)OB1OC(C)(C)C(C)(C)O1.CSSC.CSc1cccnc1Br.Cc1sc2cccnc2c1B(O)O.Cc1sc2cccnc2c1I.[CH2-]CCC.[Li+]. The zero-order chi connectivity index (χ0) is 64.6. The van der Waals surface area contributed by atoms with Crippen LogP contribution in [0.4, 0.5) is 0 Å². The number of hydrogen-bond acceptors (Lipinski definition) is 17. The third-order valence-corrected chi connectivity index (χ3v) is 21.2. The molecule has 0 radical (unpaired) electrons. The second kappa shape index (κ2) is 49.7. The van der Waals surface area contributed by atoms with Gasteiger partial charge >= 0.3 is 33.3 Å². The van der Waals surface area contributed by atoms with Crippen molar-refractivity contribution >= 4 is 187 Å². The van der Waals surface area contributed by atoms with Crippen LogP contribution in [0.15, 0.2) is 115 Å². The first-order valence-corrected chi connectivity index (χ1v) is 41.1. The number of fused-ring (bicyclic) bond motifs is 2. The van der Waals surface area contributed by atoms with Crippen molar-refractivity contribution in [2.45, 2.75) is 149 Å². The number of aromatic nitrogens is 5. The molecule has 0 aromatic carbocycles. The zero-order valence-electron chi connectivity index (χ0n) is 53.6. The molecule has 0 spiro atoms. The minimum atomic E-state index is -1.43. The minimum Gasteiger partial charge on any atom is -0.423 e. The van der Waals surface area contributed by atoms with Crippen molar-refractivity contribution in [3.8, 4) is 23.3 Å². The molecule has 2 aliphatic rings. The van der Waals surface area contributed by atoms with Gasteiger partial charge in [-0.25, -0.2) is 15.0 Å². The second-order valence-corrected chi connectivity index (χ2v) is 34.7. The summed E-state index contributed by atoms with van der Waals surface area (Å²) in [7, 11) is 0.578. The first-order valence-electron chi connectivity index (χ1n) is 27.1. The van der Waals surface area contributed by atoms with Gasteiger partial charge in [-0.2, -0.15) is 6.42 Å². The summed E-state index contributed by atoms with van der Waals surface area (Å²) in [5, 5.41) is 18.2. The van der Waals surface area contributed by atoms with E-state index in [2.05, 4.69) is 178 Å². The number of thiophene rings is 2. The van der Waals surface area contributed by atoms with Crippen LogP contribution in [-0.2, 0) is 18.7 Å². The average Bonchev–Trinajstić information content (AvgIpc) is 3.78. The van der Waals surface area contributed by atoms with Crippen LogP contribution < -0.4 is 24.3 Å². The molecule has 86 heavy (non-hydrogen) atoms. The van der Waals surface area contributed by atoms with Gasteiger partial charge in [-0.1, -0.05) is 60.5 Å². The van der Waals surface area contributed by atoms with Crippen molar-refractivity contribution in [2.24, 2.45) is 0 Å². The predicted molar refractivity (Wildman–Crippen MR) is 400 cm³/mol. The Bertz CT molecular complexity index is 3020. The Morgan fingerprint density at radius 1 is 0.733 bits per heavy atom. The summed E-state index contributed by atoms with van der Waals surface area (Å²) >= 11 is 18.9. The fourth-order valence-electron chi connectivity index (χ4n) is 5.99. The van der Waals surface area contributed by atoms with E-state index in [4.69, 9.17) is 28.7 Å². The van der Waals surface area contributed by atoms with E-state index in [0.29, 0.717) is 11.0 Å². The molecular formula is C61H86B2Br3ILiN5O6S6Si. The molecule has 2 N–H and O–H groups in total. The second-order valence-electron chi connectivity index (χ2n) is 19.7. The fourth-order valence-corrected chi connectivity index (χ4v) is 11.8. The predicted octanol–water partition coefficient (Wildman–Crippen LogP) is 15.8. The van der Waals surface area contributed by atoms with Crippen LogP contribution in [-0.4, -0.2) is 113 Å². The molecule has 0 amide bonds. The van der Waals surface area contributed by atoms with Crippen LogP contribution in [0.2, 0.25) is 19.6 Å². The minimum absolute atomic E-state index is 0. The van der Waals surface area contributed by atoms with E-state index in [-0.39, 0.29) is 36.2 Å². The van der Waals surface area contributed by atoms with Gasteiger partial charge in [0, 0.05) is 75.3 Å². The summed E-state index contributed by atoms with van der Waals surface area (Å²) in [6.07, 6.45) is 21.9. The molecule has 7 aromatic rings. The monoisotopic (exact) mass is 1600 g/mol. The normalized spacial score (nSPS) is 12.7. The van der Waals surface area contributed by atoms with Gasteiger partial charge in [-0.05, 0) is 244 Å². The van der Waals surface area contributed by atoms with Crippen molar-refractivity contribution < 1.29 is 47.6 Å². The maximum absolute atomic E-state index is 9.11. The van der Waals surface area contributed by atoms with E-state index in [0.717, 1.165) is 59.0 Å². The summed E-state index contributed by atoms with van der Waals surface area (Å²) in [5.74, 6) is 8.70. The smallest absolute Gasteiger partial charge is 0.423 e. The van der Waals surface area contributed by atoms with E-state index in [1.165, 1.54) is 48.6 Å². The van der Waals surface area contributed by atoms with Crippen LogP contribution in [0.1, 0.15) is 103 Å². The van der Waals surface area contributed by atoms with Gasteiger partial charge in [-0.15, -0.1) is 57.7 Å². The Kier molecular flexibility index (Phi) is 50.3. The third kappa shape index (κ3) is 36.9. The molecule has 2 fully saturated rings. The Morgan fingerprint density at radius 2 is 1.19 bits per heavy atom. The summed E-state index contributed by atoms with van der Waals surface area (Å²) in [4.78, 5) is 25.1. The Balaban J connectivity index is 0. The summed E-state index contributed by atoms with van der Waals surface area (Å²) in [6, 6.07) is 19.6. The van der Waals surface area contributed by atoms with E-state index < -0.39 is 22.5 Å². The summed E-state index contributed by atoms with van der Waals surface area (Å²) in [5.41, 5.74) is 5.82. The standard InChI is InChI=1S/C9H19BO3.C9H9NS.C8H8BNO2S.C8H6INS.C6H6BrNS.C6H12Si.C5H3Br2N.C4H8O.C4H9.C2H6S2.Li/c1-7(2)11-10-12-8(3,4)9(5,6)13-10;1-3-5-8-9(11-2)6-4-7-10-8;1-5-7(9(11)12)8-6(13-5)3-2-4-10-8;1-5-7(9)8-6(11-5)3-2-4-10-8;1-9-5-3-2-4-8-6(5)7;1-5-6-7(2,3)4;6-4-2-1-3-8-5(4)7;1-2-4-5-3-1;2*1-3-4-2;/h7H,1-6H3;4,6-7H,1-2H3;2-4,11-12H,1H3;2-4H,1H3;2-4H,1H3;1-4H3;1-3H;1-4H2;1,3-4H2,2H3;1-2H3;/q;;;;;;;;-1;;+1. The molecule has 11 nitrogen and oxygen atoms in total. The molecule has 2 saturated heterocycles. The molecular weight excluding hydrogens is 1510 g/mol. The summed E-state index contributed by atoms with van der Waals surface area (Å²) in [6.45, 7) is 34.1. The van der Waals surface area contributed by atoms with Crippen molar-refractivity contribution in [1.29, 1.82) is 0 Å². The van der Waals surface area contributed by atoms with Gasteiger partial charge in [0.1, 0.15) is 23.0 Å². The molecule has 0 unspecified atom stereocenters. The van der Waals surface area contributed by atoms with Crippen LogP contribution in [0.5, 0.6) is 0 Å². The van der Waals surface area contributed by atoms with Crippen molar-refractivity contribution in [3.05, 3.63) is 131 Å². The fraction of sp³-hybridized carbons (Fsp3) is 0.443. The molecule has 25 heteroatoms. The number of ether oxygens (including phenoxy) is 1. The molecule has 0 aliphatic carbocycles. The van der Waals surface area contributed by atoms with Gasteiger partial charge in [0.15, 0.2) is 0 Å². The van der Waals surface area contributed by atoms with E-state index in [1.54, 1.807) is 69.9 Å². The van der Waals surface area contributed by atoms with Crippen molar-refractivity contribution in [3.63, 3.8) is 0 Å². The number of halogens is 4. The first-order chi connectivity index (χ1) is 40.1. The summed E-state index contributed by atoms with van der Waals surface area (Å²) < 4.78 is 28.0. The third-order valence-electron chi connectivity index (χ3n) is 10.8. The van der Waals surface area contributed by atoms with Gasteiger partial charge in [0.25, 0.3) is 0 Å². The number of pyridine rings is 5. The number of rotatable bonds is 7. The average molecular weight is 1600 g/mol. The number of thioether (sulfide) groups is 2. The van der Waals surface area contributed by atoms with Crippen LogP contribution in [0, 0.1) is 47.6 Å². The molecule has 466 valence electrons. The largest absolute Gasteiger partial charge is 1.00 e. The Hall–Kier alpha value is -0.936. The molecule has 0 saturated carbocycles. The molecule has 9 rings (SSSR count). The molecule has 0 bridgehead atoms. The number of aryl methyl sites for hydroxylation is 2. The molecule has 2 aliphatic heterocycles.